The molecule has 0 fully saturated rings. The van der Waals surface area contributed by atoms with E-state index in [1.165, 1.54) is 24.4 Å². The second-order valence-electron chi connectivity index (χ2n) is 5.18. The first-order valence-corrected chi connectivity index (χ1v) is 7.55. The minimum absolute atomic E-state index is 0.00406. The van der Waals surface area contributed by atoms with E-state index in [4.69, 9.17) is 11.6 Å². The molecule has 0 bridgehead atoms. The van der Waals surface area contributed by atoms with E-state index in [0.717, 1.165) is 5.56 Å². The highest BCUT2D eigenvalue weighted by Gasteiger charge is 2.18. The van der Waals surface area contributed by atoms with Crippen LogP contribution in [0.3, 0.4) is 0 Å². The van der Waals surface area contributed by atoms with Crippen molar-refractivity contribution in [1.29, 1.82) is 0 Å². The fourth-order valence-corrected chi connectivity index (χ4v) is 2.48. The van der Waals surface area contributed by atoms with Crippen LogP contribution >= 0.6 is 11.6 Å². The SMILES string of the molecule is C[n+]1ccc(C=Nc2ccc(F)c(Cl)c2)c(O)c1-c1cccnc1. The van der Waals surface area contributed by atoms with E-state index in [9.17, 15) is 9.50 Å². The maximum atomic E-state index is 13.2. The van der Waals surface area contributed by atoms with Gasteiger partial charge in [0.1, 0.15) is 12.9 Å². The number of aromatic hydroxyl groups is 1. The minimum atomic E-state index is -0.496. The molecule has 0 saturated heterocycles. The van der Waals surface area contributed by atoms with Gasteiger partial charge in [0.25, 0.3) is 5.69 Å². The summed E-state index contributed by atoms with van der Waals surface area (Å²) >= 11 is 5.74. The monoisotopic (exact) mass is 342 g/mol. The lowest BCUT2D eigenvalue weighted by Gasteiger charge is -2.05. The Bertz CT molecular complexity index is 914. The molecule has 0 amide bonds. The van der Waals surface area contributed by atoms with Crippen molar-refractivity contribution < 1.29 is 14.1 Å². The zero-order valence-electron chi connectivity index (χ0n) is 12.8. The fourth-order valence-electron chi connectivity index (χ4n) is 2.31. The molecular formula is C18H14ClFN3O+. The molecule has 6 heteroatoms. The van der Waals surface area contributed by atoms with Crippen molar-refractivity contribution in [3.63, 3.8) is 0 Å². The van der Waals surface area contributed by atoms with Gasteiger partial charge >= 0.3 is 0 Å². The molecule has 24 heavy (non-hydrogen) atoms. The summed E-state index contributed by atoms with van der Waals surface area (Å²) < 4.78 is 15.0. The zero-order valence-corrected chi connectivity index (χ0v) is 13.6. The average molecular weight is 343 g/mol. The summed E-state index contributed by atoms with van der Waals surface area (Å²) in [4.78, 5) is 8.32. The second-order valence-corrected chi connectivity index (χ2v) is 5.58. The molecule has 0 aliphatic heterocycles. The van der Waals surface area contributed by atoms with E-state index in [-0.39, 0.29) is 10.8 Å². The van der Waals surface area contributed by atoms with Crippen LogP contribution in [0.15, 0.2) is 60.0 Å². The standard InChI is InChI=1S/C18H13ClFN3O/c1-23-8-6-13(11-22-14-4-5-16(20)15(19)9-14)18(24)17(23)12-3-2-7-21-10-12/h2-11H,1H3/p+1. The summed E-state index contributed by atoms with van der Waals surface area (Å²) in [6.07, 6.45) is 6.68. The van der Waals surface area contributed by atoms with E-state index in [2.05, 4.69) is 9.98 Å². The van der Waals surface area contributed by atoms with Gasteiger partial charge in [0.2, 0.25) is 0 Å². The van der Waals surface area contributed by atoms with Crippen molar-refractivity contribution in [2.24, 2.45) is 12.0 Å². The number of nitrogens with zero attached hydrogens (tertiary/aromatic N) is 3. The van der Waals surface area contributed by atoms with Gasteiger partial charge in [0.15, 0.2) is 11.9 Å². The van der Waals surface area contributed by atoms with Crippen molar-refractivity contribution in [1.82, 2.24) is 4.98 Å². The van der Waals surface area contributed by atoms with E-state index in [1.54, 1.807) is 29.1 Å². The van der Waals surface area contributed by atoms with Gasteiger partial charge in [-0.2, -0.15) is 4.57 Å². The van der Waals surface area contributed by atoms with Gasteiger partial charge in [0.05, 0.1) is 16.3 Å². The third kappa shape index (κ3) is 3.26. The van der Waals surface area contributed by atoms with Gasteiger partial charge in [-0.1, -0.05) is 11.6 Å². The highest BCUT2D eigenvalue weighted by molar-refractivity contribution is 6.31. The normalized spacial score (nSPS) is 11.1. The number of aliphatic imine (C=N–C) groups is 1. The molecule has 3 rings (SSSR count). The minimum Gasteiger partial charge on any atom is -0.502 e. The number of rotatable bonds is 3. The predicted molar refractivity (Wildman–Crippen MR) is 91.2 cm³/mol. The van der Waals surface area contributed by atoms with E-state index in [0.29, 0.717) is 16.9 Å². The Hall–Kier alpha value is -2.79. The van der Waals surface area contributed by atoms with Crippen molar-refractivity contribution in [2.75, 3.05) is 0 Å². The third-order valence-electron chi connectivity index (χ3n) is 3.52. The molecule has 120 valence electrons. The number of pyridine rings is 2. The van der Waals surface area contributed by atoms with Crippen LogP contribution in [0.2, 0.25) is 5.02 Å². The van der Waals surface area contributed by atoms with Gasteiger partial charge < -0.3 is 5.11 Å². The molecule has 0 radical (unpaired) electrons. The number of hydrogen-bond donors (Lipinski definition) is 1. The molecule has 0 aliphatic rings. The zero-order chi connectivity index (χ0) is 17.1. The van der Waals surface area contributed by atoms with Gasteiger partial charge in [-0.05, 0) is 30.3 Å². The van der Waals surface area contributed by atoms with Gasteiger partial charge in [0, 0.05) is 30.2 Å². The summed E-state index contributed by atoms with van der Waals surface area (Å²) in [5, 5.41) is 10.6. The van der Waals surface area contributed by atoms with Gasteiger partial charge in [-0.25, -0.2) is 4.39 Å². The van der Waals surface area contributed by atoms with Crippen LogP contribution < -0.4 is 4.57 Å². The van der Waals surface area contributed by atoms with Crippen LogP contribution in [0, 0.1) is 5.82 Å². The largest absolute Gasteiger partial charge is 0.502 e. The Morgan fingerprint density at radius 2 is 2.12 bits per heavy atom. The van der Waals surface area contributed by atoms with E-state index in [1.807, 2.05) is 19.3 Å². The van der Waals surface area contributed by atoms with Crippen LogP contribution in [0.1, 0.15) is 5.56 Å². The first-order valence-electron chi connectivity index (χ1n) is 7.17. The number of hydrogen-bond acceptors (Lipinski definition) is 3. The molecule has 2 aromatic heterocycles. The topological polar surface area (TPSA) is 49.4 Å². The number of aryl methyl sites for hydroxylation is 1. The first kappa shape index (κ1) is 16.1. The molecule has 0 aliphatic carbocycles. The van der Waals surface area contributed by atoms with E-state index < -0.39 is 5.82 Å². The van der Waals surface area contributed by atoms with Crippen molar-refractivity contribution in [3.8, 4) is 17.0 Å². The van der Waals surface area contributed by atoms with Crippen molar-refractivity contribution in [2.45, 2.75) is 0 Å². The maximum absolute atomic E-state index is 13.2. The van der Waals surface area contributed by atoms with Crippen LogP contribution in [-0.4, -0.2) is 16.3 Å². The molecule has 1 N–H and O–H groups in total. The second kappa shape index (κ2) is 6.76. The number of halogens is 2. The highest BCUT2D eigenvalue weighted by atomic mass is 35.5. The Kier molecular flexibility index (Phi) is 4.53. The summed E-state index contributed by atoms with van der Waals surface area (Å²) in [6, 6.07) is 9.60. The fraction of sp³-hybridized carbons (Fsp3) is 0.0556. The molecule has 0 atom stereocenters. The molecule has 0 saturated carbocycles. The Morgan fingerprint density at radius 1 is 1.29 bits per heavy atom. The quantitative estimate of drug-likeness (QED) is 0.581. The molecule has 4 nitrogen and oxygen atoms in total. The van der Waals surface area contributed by atoms with Crippen LogP contribution in [-0.2, 0) is 7.05 Å². The van der Waals surface area contributed by atoms with Gasteiger partial charge in [-0.15, -0.1) is 0 Å². The molecule has 0 spiro atoms. The van der Waals surface area contributed by atoms with E-state index >= 15 is 0 Å². The van der Waals surface area contributed by atoms with Crippen molar-refractivity contribution >= 4 is 23.5 Å². The smallest absolute Gasteiger partial charge is 0.256 e. The lowest BCUT2D eigenvalue weighted by molar-refractivity contribution is -0.660. The summed E-state index contributed by atoms with van der Waals surface area (Å²) in [6.45, 7) is 0. The maximum Gasteiger partial charge on any atom is 0.256 e. The van der Waals surface area contributed by atoms with Crippen LogP contribution in [0.4, 0.5) is 10.1 Å². The molecule has 0 unspecified atom stereocenters. The molecule has 3 aromatic rings. The molecule has 1 aromatic carbocycles. The summed E-state index contributed by atoms with van der Waals surface area (Å²) in [5.41, 5.74) is 2.45. The van der Waals surface area contributed by atoms with Gasteiger partial charge in [-0.3, -0.25) is 9.98 Å². The average Bonchev–Trinajstić information content (AvgIpc) is 2.58. The van der Waals surface area contributed by atoms with Crippen LogP contribution in [0.5, 0.6) is 5.75 Å². The predicted octanol–water partition coefficient (Wildman–Crippen LogP) is 3.82. The number of benzene rings is 1. The number of aromatic nitrogens is 2. The molecule has 2 heterocycles. The first-order chi connectivity index (χ1) is 11.6. The molecular weight excluding hydrogens is 329 g/mol. The summed E-state index contributed by atoms with van der Waals surface area (Å²) in [5.74, 6) is -0.408. The lowest BCUT2D eigenvalue weighted by Crippen LogP contribution is -2.30. The third-order valence-corrected chi connectivity index (χ3v) is 3.81. The highest BCUT2D eigenvalue weighted by Crippen LogP contribution is 2.28. The lowest BCUT2D eigenvalue weighted by atomic mass is 10.1. The Morgan fingerprint density at radius 3 is 2.83 bits per heavy atom. The summed E-state index contributed by atoms with van der Waals surface area (Å²) in [7, 11) is 1.84. The van der Waals surface area contributed by atoms with Crippen molar-refractivity contribution in [3.05, 3.63) is 71.4 Å². The van der Waals surface area contributed by atoms with Crippen LogP contribution in [0.25, 0.3) is 11.3 Å². The Labute approximate surface area is 143 Å². The Balaban J connectivity index is 2.00.